The first-order chi connectivity index (χ1) is 12.0. The lowest BCUT2D eigenvalue weighted by atomic mass is 10.1. The Morgan fingerprint density at radius 3 is 2.12 bits per heavy atom. The van der Waals surface area contributed by atoms with Gasteiger partial charge in [0.05, 0.1) is 20.8 Å². The van der Waals surface area contributed by atoms with E-state index < -0.39 is 0 Å². The van der Waals surface area contributed by atoms with Crippen LogP contribution < -0.4 is 14.2 Å². The molecule has 0 aliphatic heterocycles. The topological polar surface area (TPSA) is 48.0 Å². The van der Waals surface area contributed by atoms with Gasteiger partial charge in [0.25, 0.3) is 5.91 Å². The highest BCUT2D eigenvalue weighted by Gasteiger charge is 2.17. The van der Waals surface area contributed by atoms with Crippen molar-refractivity contribution in [2.75, 3.05) is 27.9 Å². The molecule has 0 bridgehead atoms. The Balaban J connectivity index is 2.16. The maximum absolute atomic E-state index is 12.7. The second kappa shape index (κ2) is 8.76. The van der Waals surface area contributed by atoms with Gasteiger partial charge in [0, 0.05) is 19.2 Å². The van der Waals surface area contributed by atoms with Crippen LogP contribution in [0.5, 0.6) is 17.2 Å². The number of hydrogen-bond acceptors (Lipinski definition) is 4. The van der Waals surface area contributed by atoms with Gasteiger partial charge in [-0.05, 0) is 52.7 Å². The number of nitrogens with zero attached hydrogens (tertiary/aromatic N) is 1. The number of benzene rings is 2. The fourth-order valence-corrected chi connectivity index (χ4v) is 2.97. The number of amides is 1. The van der Waals surface area contributed by atoms with Crippen LogP contribution in [0.25, 0.3) is 0 Å². The van der Waals surface area contributed by atoms with Crippen LogP contribution in [0.2, 0.25) is 0 Å². The Kier molecular flexibility index (Phi) is 6.70. The molecule has 0 radical (unpaired) electrons. The van der Waals surface area contributed by atoms with Crippen LogP contribution >= 0.6 is 15.9 Å². The van der Waals surface area contributed by atoms with Gasteiger partial charge in [0.15, 0.2) is 0 Å². The molecular weight excluding hydrogens is 386 g/mol. The summed E-state index contributed by atoms with van der Waals surface area (Å²) in [5.74, 6) is 1.81. The zero-order valence-corrected chi connectivity index (χ0v) is 16.4. The molecule has 25 heavy (non-hydrogen) atoms. The van der Waals surface area contributed by atoms with Crippen molar-refractivity contribution >= 4 is 21.8 Å². The van der Waals surface area contributed by atoms with Crippen LogP contribution in [0.3, 0.4) is 0 Å². The van der Waals surface area contributed by atoms with Crippen molar-refractivity contribution in [2.24, 2.45) is 0 Å². The first-order valence-electron chi connectivity index (χ1n) is 7.88. The number of hydrogen-bond donors (Lipinski definition) is 0. The van der Waals surface area contributed by atoms with Gasteiger partial charge in [-0.3, -0.25) is 4.79 Å². The summed E-state index contributed by atoms with van der Waals surface area (Å²) in [5.41, 5.74) is 1.53. The highest BCUT2D eigenvalue weighted by molar-refractivity contribution is 9.10. The Morgan fingerprint density at radius 2 is 1.64 bits per heavy atom. The predicted octanol–water partition coefficient (Wildman–Crippen LogP) is 4.14. The van der Waals surface area contributed by atoms with E-state index in [-0.39, 0.29) is 5.91 Å². The molecule has 0 aromatic heterocycles. The number of carbonyl (C=O) groups is 1. The zero-order chi connectivity index (χ0) is 18.4. The maximum Gasteiger partial charge on any atom is 0.254 e. The monoisotopic (exact) mass is 407 g/mol. The summed E-state index contributed by atoms with van der Waals surface area (Å²) in [6.45, 7) is 3.07. The van der Waals surface area contributed by atoms with E-state index in [1.165, 1.54) is 0 Å². The van der Waals surface area contributed by atoms with Crippen molar-refractivity contribution in [3.8, 4) is 17.2 Å². The Bertz CT molecular complexity index is 706. The number of carbonyl (C=O) groups excluding carboxylic acids is 1. The fraction of sp³-hybridized carbons (Fsp3) is 0.316. The molecule has 6 heteroatoms. The van der Waals surface area contributed by atoms with E-state index >= 15 is 0 Å². The van der Waals surface area contributed by atoms with Crippen LogP contribution in [0, 0.1) is 0 Å². The van der Waals surface area contributed by atoms with Gasteiger partial charge in [-0.15, -0.1) is 0 Å². The van der Waals surface area contributed by atoms with Gasteiger partial charge in [-0.25, -0.2) is 0 Å². The highest BCUT2D eigenvalue weighted by atomic mass is 79.9. The van der Waals surface area contributed by atoms with Crippen LogP contribution in [0.15, 0.2) is 40.9 Å². The molecule has 2 aromatic carbocycles. The molecule has 0 atom stereocenters. The number of methoxy groups -OCH3 is 2. The molecule has 2 rings (SSSR count). The molecule has 0 N–H and O–H groups in total. The Labute approximate surface area is 156 Å². The standard InChI is InChI=1S/C19H22BrNO4/c1-5-25-15-8-6-13(7-9-15)12-21(2)19(22)14-10-16(23-3)18(20)17(11-14)24-4/h6-11H,5,12H2,1-4H3. The summed E-state index contributed by atoms with van der Waals surface area (Å²) in [6, 6.07) is 11.1. The van der Waals surface area contributed by atoms with E-state index in [0.29, 0.717) is 34.7 Å². The maximum atomic E-state index is 12.7. The van der Waals surface area contributed by atoms with Crippen LogP contribution in [0.4, 0.5) is 0 Å². The number of ether oxygens (including phenoxy) is 3. The molecule has 0 aliphatic rings. The van der Waals surface area contributed by atoms with Crippen molar-refractivity contribution in [3.63, 3.8) is 0 Å². The van der Waals surface area contributed by atoms with Gasteiger partial charge < -0.3 is 19.1 Å². The van der Waals surface area contributed by atoms with E-state index in [2.05, 4.69) is 15.9 Å². The summed E-state index contributed by atoms with van der Waals surface area (Å²) < 4.78 is 16.7. The number of rotatable bonds is 7. The molecule has 2 aromatic rings. The third kappa shape index (κ3) is 4.66. The molecule has 0 spiro atoms. The first-order valence-corrected chi connectivity index (χ1v) is 8.68. The molecule has 5 nitrogen and oxygen atoms in total. The summed E-state index contributed by atoms with van der Waals surface area (Å²) in [4.78, 5) is 14.4. The third-order valence-electron chi connectivity index (χ3n) is 3.69. The van der Waals surface area contributed by atoms with Crippen molar-refractivity contribution in [1.82, 2.24) is 4.90 Å². The Morgan fingerprint density at radius 1 is 1.08 bits per heavy atom. The highest BCUT2D eigenvalue weighted by Crippen LogP contribution is 2.36. The summed E-state index contributed by atoms with van der Waals surface area (Å²) in [7, 11) is 4.87. The quantitative estimate of drug-likeness (QED) is 0.691. The normalized spacial score (nSPS) is 10.3. The fourth-order valence-electron chi connectivity index (χ4n) is 2.42. The Hall–Kier alpha value is -2.21. The summed E-state index contributed by atoms with van der Waals surface area (Å²) >= 11 is 3.41. The minimum absolute atomic E-state index is 0.113. The largest absolute Gasteiger partial charge is 0.495 e. The van der Waals surface area contributed by atoms with E-state index in [1.54, 1.807) is 38.3 Å². The average molecular weight is 408 g/mol. The van der Waals surface area contributed by atoms with E-state index in [0.717, 1.165) is 11.3 Å². The smallest absolute Gasteiger partial charge is 0.254 e. The van der Waals surface area contributed by atoms with Crippen molar-refractivity contribution < 1.29 is 19.0 Å². The summed E-state index contributed by atoms with van der Waals surface area (Å²) in [5, 5.41) is 0. The second-order valence-corrected chi connectivity index (χ2v) is 6.23. The predicted molar refractivity (Wildman–Crippen MR) is 101 cm³/mol. The average Bonchev–Trinajstić information content (AvgIpc) is 2.63. The van der Waals surface area contributed by atoms with Crippen molar-refractivity contribution in [1.29, 1.82) is 0 Å². The minimum atomic E-state index is -0.113. The number of halogens is 1. The molecule has 0 heterocycles. The van der Waals surface area contributed by atoms with Gasteiger partial charge in [0.2, 0.25) is 0 Å². The van der Waals surface area contributed by atoms with Crippen LogP contribution in [0.1, 0.15) is 22.8 Å². The molecule has 0 unspecified atom stereocenters. The van der Waals surface area contributed by atoms with E-state index in [1.807, 2.05) is 31.2 Å². The lowest BCUT2D eigenvalue weighted by Gasteiger charge is -2.19. The summed E-state index contributed by atoms with van der Waals surface area (Å²) in [6.07, 6.45) is 0. The lowest BCUT2D eigenvalue weighted by Crippen LogP contribution is -2.26. The molecule has 134 valence electrons. The second-order valence-electron chi connectivity index (χ2n) is 5.43. The molecule has 1 amide bonds. The minimum Gasteiger partial charge on any atom is -0.495 e. The van der Waals surface area contributed by atoms with Crippen molar-refractivity contribution in [3.05, 3.63) is 52.0 Å². The molecule has 0 saturated heterocycles. The first kappa shape index (κ1) is 19.1. The molecule has 0 aliphatic carbocycles. The van der Waals surface area contributed by atoms with Crippen LogP contribution in [-0.4, -0.2) is 38.7 Å². The van der Waals surface area contributed by atoms with E-state index in [9.17, 15) is 4.79 Å². The zero-order valence-electron chi connectivity index (χ0n) is 14.8. The SMILES string of the molecule is CCOc1ccc(CN(C)C(=O)c2cc(OC)c(Br)c(OC)c2)cc1. The molecule has 0 saturated carbocycles. The van der Waals surface area contributed by atoms with Gasteiger partial charge in [-0.2, -0.15) is 0 Å². The third-order valence-corrected chi connectivity index (χ3v) is 4.48. The molecular formula is C19H22BrNO4. The van der Waals surface area contributed by atoms with Crippen molar-refractivity contribution in [2.45, 2.75) is 13.5 Å². The lowest BCUT2D eigenvalue weighted by molar-refractivity contribution is 0.0784. The molecule has 0 fully saturated rings. The van der Waals surface area contributed by atoms with Crippen LogP contribution in [-0.2, 0) is 6.54 Å². The van der Waals surface area contributed by atoms with E-state index in [4.69, 9.17) is 14.2 Å². The van der Waals surface area contributed by atoms with Gasteiger partial charge in [-0.1, -0.05) is 12.1 Å². The van der Waals surface area contributed by atoms with Gasteiger partial charge in [0.1, 0.15) is 21.7 Å². The van der Waals surface area contributed by atoms with Gasteiger partial charge >= 0.3 is 0 Å².